The Balaban J connectivity index is 1.47. The molecule has 4 heteroatoms. The van der Waals surface area contributed by atoms with Gasteiger partial charge in [-0.25, -0.2) is 4.79 Å². The SMILES string of the molecule is O=C(NCC=Cc1cccc2cc[nH]c12)OCc1ccccc1. The first-order valence-corrected chi connectivity index (χ1v) is 7.50. The molecule has 2 N–H and O–H groups in total. The van der Waals surface area contributed by atoms with E-state index in [0.717, 1.165) is 16.6 Å². The van der Waals surface area contributed by atoms with Crippen molar-refractivity contribution < 1.29 is 9.53 Å². The predicted octanol–water partition coefficient (Wildman–Crippen LogP) is 4.11. The molecule has 0 bridgehead atoms. The maximum Gasteiger partial charge on any atom is 0.407 e. The zero-order valence-electron chi connectivity index (χ0n) is 12.7. The van der Waals surface area contributed by atoms with E-state index in [4.69, 9.17) is 4.74 Å². The highest BCUT2D eigenvalue weighted by molar-refractivity contribution is 5.87. The first kappa shape index (κ1) is 14.9. The number of ether oxygens (including phenoxy) is 1. The van der Waals surface area contributed by atoms with Crippen LogP contribution in [0, 0.1) is 0 Å². The predicted molar refractivity (Wildman–Crippen MR) is 92.0 cm³/mol. The van der Waals surface area contributed by atoms with E-state index < -0.39 is 6.09 Å². The summed E-state index contributed by atoms with van der Waals surface area (Å²) in [5.41, 5.74) is 3.15. The summed E-state index contributed by atoms with van der Waals surface area (Å²) in [7, 11) is 0. The fourth-order valence-corrected chi connectivity index (χ4v) is 2.35. The summed E-state index contributed by atoms with van der Waals surface area (Å²) in [6.07, 6.45) is 5.38. The molecular weight excluding hydrogens is 288 g/mol. The molecule has 1 heterocycles. The van der Waals surface area contributed by atoms with Gasteiger partial charge < -0.3 is 15.0 Å². The lowest BCUT2D eigenvalue weighted by Crippen LogP contribution is -2.24. The highest BCUT2D eigenvalue weighted by atomic mass is 16.5. The van der Waals surface area contributed by atoms with Crippen LogP contribution in [-0.4, -0.2) is 17.6 Å². The lowest BCUT2D eigenvalue weighted by molar-refractivity contribution is 0.141. The molecule has 0 saturated heterocycles. The average Bonchev–Trinajstić information content (AvgIpc) is 3.07. The van der Waals surface area contributed by atoms with Crippen molar-refractivity contribution in [2.75, 3.05) is 6.54 Å². The molecule has 1 aromatic heterocycles. The van der Waals surface area contributed by atoms with Crippen LogP contribution in [0.15, 0.2) is 66.9 Å². The van der Waals surface area contributed by atoms with Crippen molar-refractivity contribution in [3.05, 3.63) is 78.0 Å². The maximum atomic E-state index is 11.6. The van der Waals surface area contributed by atoms with Crippen LogP contribution in [-0.2, 0) is 11.3 Å². The van der Waals surface area contributed by atoms with Gasteiger partial charge >= 0.3 is 6.09 Å². The van der Waals surface area contributed by atoms with Gasteiger partial charge in [-0.1, -0.05) is 60.7 Å². The smallest absolute Gasteiger partial charge is 0.407 e. The van der Waals surface area contributed by atoms with Crippen LogP contribution in [0.5, 0.6) is 0 Å². The first-order valence-electron chi connectivity index (χ1n) is 7.50. The lowest BCUT2D eigenvalue weighted by atomic mass is 10.1. The van der Waals surface area contributed by atoms with Gasteiger partial charge in [-0.3, -0.25) is 0 Å². The van der Waals surface area contributed by atoms with Crippen molar-refractivity contribution >= 4 is 23.1 Å². The van der Waals surface area contributed by atoms with Crippen LogP contribution < -0.4 is 5.32 Å². The Labute approximate surface area is 134 Å². The molecule has 116 valence electrons. The first-order chi connectivity index (χ1) is 11.3. The second-order valence-corrected chi connectivity index (χ2v) is 5.13. The minimum absolute atomic E-state index is 0.276. The fraction of sp³-hybridized carbons (Fsp3) is 0.105. The van der Waals surface area contributed by atoms with Crippen LogP contribution in [0.4, 0.5) is 4.79 Å². The zero-order chi connectivity index (χ0) is 15.9. The van der Waals surface area contributed by atoms with Crippen molar-refractivity contribution in [3.63, 3.8) is 0 Å². The topological polar surface area (TPSA) is 54.1 Å². The van der Waals surface area contributed by atoms with Crippen LogP contribution in [0.1, 0.15) is 11.1 Å². The number of hydrogen-bond donors (Lipinski definition) is 2. The highest BCUT2D eigenvalue weighted by Gasteiger charge is 2.01. The molecule has 0 aliphatic heterocycles. The van der Waals surface area contributed by atoms with Crippen molar-refractivity contribution in [1.29, 1.82) is 0 Å². The molecule has 1 amide bonds. The number of para-hydroxylation sites is 1. The third-order valence-corrected chi connectivity index (χ3v) is 3.49. The van der Waals surface area contributed by atoms with Gasteiger partial charge in [-0.15, -0.1) is 0 Å². The number of amides is 1. The Kier molecular flexibility index (Phi) is 4.74. The molecule has 0 radical (unpaired) electrons. The normalized spacial score (nSPS) is 11.0. The second kappa shape index (κ2) is 7.31. The summed E-state index contributed by atoms with van der Waals surface area (Å²) in [4.78, 5) is 14.8. The molecule has 23 heavy (non-hydrogen) atoms. The van der Waals surface area contributed by atoms with Crippen LogP contribution in [0.25, 0.3) is 17.0 Å². The molecule has 0 spiro atoms. The van der Waals surface area contributed by atoms with Crippen LogP contribution in [0.2, 0.25) is 0 Å². The number of fused-ring (bicyclic) bond motifs is 1. The van der Waals surface area contributed by atoms with Gasteiger partial charge in [0.05, 0.1) is 5.52 Å². The van der Waals surface area contributed by atoms with E-state index in [0.29, 0.717) is 6.54 Å². The number of hydrogen-bond acceptors (Lipinski definition) is 2. The quantitative estimate of drug-likeness (QED) is 0.745. The molecule has 4 nitrogen and oxygen atoms in total. The van der Waals surface area contributed by atoms with E-state index in [1.165, 1.54) is 5.39 Å². The molecule has 0 aliphatic carbocycles. The lowest BCUT2D eigenvalue weighted by Gasteiger charge is -2.05. The van der Waals surface area contributed by atoms with Gasteiger partial charge in [-0.2, -0.15) is 0 Å². The number of rotatable bonds is 5. The zero-order valence-corrected chi connectivity index (χ0v) is 12.7. The average molecular weight is 306 g/mol. The molecule has 0 unspecified atom stereocenters. The van der Waals surface area contributed by atoms with E-state index in [1.807, 2.05) is 66.9 Å². The van der Waals surface area contributed by atoms with Gasteiger partial charge in [0.2, 0.25) is 0 Å². The van der Waals surface area contributed by atoms with Gasteiger partial charge in [0.25, 0.3) is 0 Å². The molecule has 0 aliphatic rings. The monoisotopic (exact) mass is 306 g/mol. The van der Waals surface area contributed by atoms with E-state index in [-0.39, 0.29) is 6.61 Å². The fourth-order valence-electron chi connectivity index (χ4n) is 2.35. The number of alkyl carbamates (subject to hydrolysis) is 1. The number of H-pyrrole nitrogens is 1. The third kappa shape index (κ3) is 4.01. The van der Waals surface area contributed by atoms with Crippen molar-refractivity contribution in [3.8, 4) is 0 Å². The number of carbonyl (C=O) groups excluding carboxylic acids is 1. The van der Waals surface area contributed by atoms with Crippen molar-refractivity contribution in [1.82, 2.24) is 10.3 Å². The molecule has 0 fully saturated rings. The molecular formula is C19H18N2O2. The molecule has 2 aromatic carbocycles. The minimum Gasteiger partial charge on any atom is -0.445 e. The molecule has 3 aromatic rings. The van der Waals surface area contributed by atoms with Gasteiger partial charge in [0.15, 0.2) is 0 Å². The maximum absolute atomic E-state index is 11.6. The van der Waals surface area contributed by atoms with Gasteiger partial charge in [-0.05, 0) is 22.6 Å². The number of carbonyl (C=O) groups is 1. The summed E-state index contributed by atoms with van der Waals surface area (Å²) in [5.74, 6) is 0. The van der Waals surface area contributed by atoms with Gasteiger partial charge in [0, 0.05) is 12.7 Å². The van der Waals surface area contributed by atoms with Crippen LogP contribution in [0.3, 0.4) is 0 Å². The van der Waals surface area contributed by atoms with E-state index in [2.05, 4.69) is 16.4 Å². The Morgan fingerprint density at radius 2 is 1.96 bits per heavy atom. The second-order valence-electron chi connectivity index (χ2n) is 5.13. The summed E-state index contributed by atoms with van der Waals surface area (Å²) in [5, 5.41) is 3.88. The standard InChI is InChI=1S/C19H18N2O2/c22-19(23-14-15-6-2-1-3-7-15)21-12-5-10-16-8-4-9-17-11-13-20-18(16)17/h1-11,13,20H,12,14H2,(H,21,22). The number of nitrogens with one attached hydrogen (secondary N) is 2. The number of benzene rings is 2. The molecule has 0 atom stereocenters. The highest BCUT2D eigenvalue weighted by Crippen LogP contribution is 2.17. The van der Waals surface area contributed by atoms with E-state index >= 15 is 0 Å². The Bertz CT molecular complexity index is 806. The van der Waals surface area contributed by atoms with Gasteiger partial charge in [0.1, 0.15) is 6.61 Å². The minimum atomic E-state index is -0.420. The Hall–Kier alpha value is -3.01. The molecule has 0 saturated carbocycles. The summed E-state index contributed by atoms with van der Waals surface area (Å²) in [6, 6.07) is 17.7. The summed E-state index contributed by atoms with van der Waals surface area (Å²) < 4.78 is 5.15. The van der Waals surface area contributed by atoms with Crippen molar-refractivity contribution in [2.24, 2.45) is 0 Å². The third-order valence-electron chi connectivity index (χ3n) is 3.49. The number of aromatic nitrogens is 1. The largest absolute Gasteiger partial charge is 0.445 e. The van der Waals surface area contributed by atoms with E-state index in [1.54, 1.807) is 0 Å². The number of aromatic amines is 1. The van der Waals surface area contributed by atoms with Crippen molar-refractivity contribution in [2.45, 2.75) is 6.61 Å². The Morgan fingerprint density at radius 3 is 2.83 bits per heavy atom. The summed E-state index contributed by atoms with van der Waals surface area (Å²) >= 11 is 0. The molecule has 3 rings (SSSR count). The van der Waals surface area contributed by atoms with Crippen LogP contribution >= 0.6 is 0 Å². The van der Waals surface area contributed by atoms with E-state index in [9.17, 15) is 4.79 Å². The Morgan fingerprint density at radius 1 is 1.09 bits per heavy atom. The summed E-state index contributed by atoms with van der Waals surface area (Å²) in [6.45, 7) is 0.697.